The number of hydrogen-bond donors (Lipinski definition) is 0. The summed E-state index contributed by atoms with van der Waals surface area (Å²) in [7, 11) is 1.83. The number of nitrogens with zero attached hydrogens (tertiary/aromatic N) is 2. The Kier molecular flexibility index (Phi) is 3.88. The molecular weight excluding hydrogens is 316 g/mol. The molecule has 1 aromatic carbocycles. The summed E-state index contributed by atoms with van der Waals surface area (Å²) >= 11 is 9.47. The van der Waals surface area contributed by atoms with Crippen LogP contribution in [0.1, 0.15) is 21.7 Å². The van der Waals surface area contributed by atoms with E-state index in [-0.39, 0.29) is 12.2 Å². The number of halogens is 2. The van der Waals surface area contributed by atoms with Crippen LogP contribution in [0.15, 0.2) is 28.7 Å². The molecule has 2 aromatic rings. The molecule has 0 N–H and O–H groups in total. The second kappa shape index (κ2) is 5.24. The van der Waals surface area contributed by atoms with Gasteiger partial charge in [0.15, 0.2) is 5.78 Å². The molecule has 18 heavy (non-hydrogen) atoms. The molecule has 0 saturated carbocycles. The van der Waals surface area contributed by atoms with Gasteiger partial charge in [0.1, 0.15) is 0 Å². The highest BCUT2D eigenvalue weighted by Gasteiger charge is 2.17. The Morgan fingerprint density at radius 3 is 2.67 bits per heavy atom. The smallest absolute Gasteiger partial charge is 0.170 e. The number of aromatic nitrogens is 2. The first-order chi connectivity index (χ1) is 8.50. The summed E-state index contributed by atoms with van der Waals surface area (Å²) < 4.78 is 2.60. The SMILES string of the molecule is Cc1nn(C)c(CC(=O)c2ccccc2Cl)c1Br. The van der Waals surface area contributed by atoms with Crippen molar-refractivity contribution in [3.05, 3.63) is 50.7 Å². The molecule has 1 aromatic heterocycles. The molecular formula is C13H12BrClN2O. The first kappa shape index (κ1) is 13.3. The van der Waals surface area contributed by atoms with Crippen molar-refractivity contribution >= 4 is 33.3 Å². The molecule has 0 spiro atoms. The summed E-state index contributed by atoms with van der Waals surface area (Å²) in [6.07, 6.45) is 0.279. The molecule has 0 saturated heterocycles. The summed E-state index contributed by atoms with van der Waals surface area (Å²) in [5.74, 6) is -0.00991. The lowest BCUT2D eigenvalue weighted by Crippen LogP contribution is -2.08. The average molecular weight is 328 g/mol. The number of aryl methyl sites for hydroxylation is 2. The van der Waals surface area contributed by atoms with Crippen LogP contribution in [0.3, 0.4) is 0 Å². The van der Waals surface area contributed by atoms with Gasteiger partial charge in [0.2, 0.25) is 0 Å². The van der Waals surface area contributed by atoms with E-state index in [1.165, 1.54) is 0 Å². The molecule has 0 atom stereocenters. The van der Waals surface area contributed by atoms with E-state index < -0.39 is 0 Å². The highest BCUT2D eigenvalue weighted by Crippen LogP contribution is 2.23. The van der Waals surface area contributed by atoms with Crippen LogP contribution >= 0.6 is 27.5 Å². The third kappa shape index (κ3) is 2.49. The molecule has 3 nitrogen and oxygen atoms in total. The van der Waals surface area contributed by atoms with E-state index in [2.05, 4.69) is 21.0 Å². The molecule has 0 bridgehead atoms. The summed E-state index contributed by atoms with van der Waals surface area (Å²) in [5, 5.41) is 4.75. The second-order valence-electron chi connectivity index (χ2n) is 4.05. The maximum absolute atomic E-state index is 12.2. The molecule has 0 aliphatic rings. The van der Waals surface area contributed by atoms with Gasteiger partial charge in [-0.3, -0.25) is 9.48 Å². The summed E-state index contributed by atoms with van der Waals surface area (Å²) in [6.45, 7) is 1.90. The van der Waals surface area contributed by atoms with Crippen molar-refractivity contribution in [1.82, 2.24) is 9.78 Å². The lowest BCUT2D eigenvalue weighted by molar-refractivity contribution is 0.0990. The fraction of sp³-hybridized carbons (Fsp3) is 0.231. The van der Waals surface area contributed by atoms with Gasteiger partial charge in [0, 0.05) is 12.6 Å². The van der Waals surface area contributed by atoms with E-state index in [4.69, 9.17) is 11.6 Å². The number of hydrogen-bond acceptors (Lipinski definition) is 2. The van der Waals surface area contributed by atoms with E-state index in [0.717, 1.165) is 15.9 Å². The standard InChI is InChI=1S/C13H12BrClN2O/c1-8-13(14)11(17(2)16-8)7-12(18)9-5-3-4-6-10(9)15/h3-6H,7H2,1-2H3. The molecule has 5 heteroatoms. The Morgan fingerprint density at radius 1 is 1.44 bits per heavy atom. The molecule has 0 amide bonds. The predicted molar refractivity (Wildman–Crippen MR) is 75.1 cm³/mol. The van der Waals surface area contributed by atoms with Gasteiger partial charge in [0.25, 0.3) is 0 Å². The average Bonchev–Trinajstić information content (AvgIpc) is 2.56. The third-order valence-corrected chi connectivity index (χ3v) is 4.13. The fourth-order valence-corrected chi connectivity index (χ4v) is 2.52. The topological polar surface area (TPSA) is 34.9 Å². The van der Waals surface area contributed by atoms with Crippen LogP contribution in [0, 0.1) is 6.92 Å². The van der Waals surface area contributed by atoms with Gasteiger partial charge < -0.3 is 0 Å². The van der Waals surface area contributed by atoms with E-state index >= 15 is 0 Å². The van der Waals surface area contributed by atoms with E-state index in [9.17, 15) is 4.79 Å². The number of carbonyl (C=O) groups excluding carboxylic acids is 1. The monoisotopic (exact) mass is 326 g/mol. The number of rotatable bonds is 3. The van der Waals surface area contributed by atoms with Gasteiger partial charge >= 0.3 is 0 Å². The van der Waals surface area contributed by atoms with Gasteiger partial charge in [0.05, 0.1) is 27.3 Å². The summed E-state index contributed by atoms with van der Waals surface area (Å²) in [5.41, 5.74) is 2.28. The molecule has 0 unspecified atom stereocenters. The predicted octanol–water partition coefficient (Wildman–Crippen LogP) is 3.57. The lowest BCUT2D eigenvalue weighted by Gasteiger charge is -2.04. The Hall–Kier alpha value is -1.13. The minimum absolute atomic E-state index is 0.00991. The Morgan fingerprint density at radius 2 is 2.11 bits per heavy atom. The van der Waals surface area contributed by atoms with Gasteiger partial charge in [-0.25, -0.2) is 0 Å². The molecule has 0 aliphatic carbocycles. The van der Waals surface area contributed by atoms with Crippen molar-refractivity contribution in [1.29, 1.82) is 0 Å². The Bertz CT molecular complexity index is 607. The molecule has 1 heterocycles. The van der Waals surface area contributed by atoms with Gasteiger partial charge in [-0.1, -0.05) is 23.7 Å². The minimum Gasteiger partial charge on any atom is -0.294 e. The third-order valence-electron chi connectivity index (χ3n) is 2.76. The minimum atomic E-state index is -0.00991. The van der Waals surface area contributed by atoms with Crippen LogP contribution in [0.4, 0.5) is 0 Å². The number of Topliss-reactive ketones (excluding diaryl/α,β-unsaturated/α-hetero) is 1. The van der Waals surface area contributed by atoms with Gasteiger partial charge in [-0.05, 0) is 35.0 Å². The van der Waals surface area contributed by atoms with Crippen molar-refractivity contribution in [2.45, 2.75) is 13.3 Å². The zero-order chi connectivity index (χ0) is 13.3. The maximum Gasteiger partial charge on any atom is 0.170 e. The van der Waals surface area contributed by atoms with Gasteiger partial charge in [-0.15, -0.1) is 0 Å². The number of benzene rings is 1. The summed E-state index contributed by atoms with van der Waals surface area (Å²) in [6, 6.07) is 7.08. The number of carbonyl (C=O) groups is 1. The largest absolute Gasteiger partial charge is 0.294 e. The molecule has 0 fully saturated rings. The van der Waals surface area contributed by atoms with Gasteiger partial charge in [-0.2, -0.15) is 5.10 Å². The second-order valence-corrected chi connectivity index (χ2v) is 5.25. The van der Waals surface area contributed by atoms with Crippen LogP contribution in [0.2, 0.25) is 5.02 Å². The zero-order valence-corrected chi connectivity index (χ0v) is 12.4. The van der Waals surface area contributed by atoms with Crippen molar-refractivity contribution in [2.75, 3.05) is 0 Å². The first-order valence-corrected chi connectivity index (χ1v) is 6.63. The number of ketones is 1. The summed E-state index contributed by atoms with van der Waals surface area (Å²) in [4.78, 5) is 12.2. The van der Waals surface area contributed by atoms with Crippen molar-refractivity contribution in [2.24, 2.45) is 7.05 Å². The quantitative estimate of drug-likeness (QED) is 0.808. The van der Waals surface area contributed by atoms with E-state index in [1.807, 2.05) is 26.1 Å². The van der Waals surface area contributed by atoms with Crippen LogP contribution in [0.25, 0.3) is 0 Å². The van der Waals surface area contributed by atoms with E-state index in [0.29, 0.717) is 10.6 Å². The fourth-order valence-electron chi connectivity index (χ4n) is 1.81. The maximum atomic E-state index is 12.2. The van der Waals surface area contributed by atoms with Crippen LogP contribution in [-0.2, 0) is 13.5 Å². The molecule has 2 rings (SSSR count). The molecule has 0 aliphatic heterocycles. The molecule has 94 valence electrons. The Balaban J connectivity index is 2.30. The van der Waals surface area contributed by atoms with E-state index in [1.54, 1.807) is 16.8 Å². The normalized spacial score (nSPS) is 10.7. The zero-order valence-electron chi connectivity index (χ0n) is 10.1. The highest BCUT2D eigenvalue weighted by molar-refractivity contribution is 9.10. The lowest BCUT2D eigenvalue weighted by atomic mass is 10.1. The molecule has 0 radical (unpaired) electrons. The first-order valence-electron chi connectivity index (χ1n) is 5.46. The van der Waals surface area contributed by atoms with Crippen LogP contribution in [-0.4, -0.2) is 15.6 Å². The van der Waals surface area contributed by atoms with Crippen molar-refractivity contribution < 1.29 is 4.79 Å². The van der Waals surface area contributed by atoms with Crippen molar-refractivity contribution in [3.8, 4) is 0 Å². The van der Waals surface area contributed by atoms with Crippen molar-refractivity contribution in [3.63, 3.8) is 0 Å². The van der Waals surface area contributed by atoms with Crippen LogP contribution < -0.4 is 0 Å². The highest BCUT2D eigenvalue weighted by atomic mass is 79.9. The van der Waals surface area contributed by atoms with Crippen LogP contribution in [0.5, 0.6) is 0 Å². The Labute approximate surface area is 119 Å².